The van der Waals surface area contributed by atoms with Crippen LogP contribution in [-0.4, -0.2) is 77.2 Å². The quantitative estimate of drug-likeness (QED) is 0.352. The topological polar surface area (TPSA) is 123 Å². The van der Waals surface area contributed by atoms with Crippen LogP contribution in [0.5, 0.6) is 5.75 Å². The molecular formula is C27H33Cl2N5O5. The maximum absolute atomic E-state index is 12.2. The van der Waals surface area contributed by atoms with Crippen LogP contribution < -0.4 is 10.1 Å². The molecule has 0 saturated carbocycles. The van der Waals surface area contributed by atoms with Gasteiger partial charge in [0.15, 0.2) is 5.82 Å². The summed E-state index contributed by atoms with van der Waals surface area (Å²) >= 11 is 13.5. The van der Waals surface area contributed by atoms with Crippen LogP contribution in [0.2, 0.25) is 10.0 Å². The molecule has 0 radical (unpaired) electrons. The van der Waals surface area contributed by atoms with Gasteiger partial charge in [0.05, 0.1) is 39.3 Å². The molecule has 1 fully saturated rings. The summed E-state index contributed by atoms with van der Waals surface area (Å²) < 4.78 is 16.4. The number of nitrogens with zero attached hydrogens (tertiary/aromatic N) is 4. The molecule has 2 aromatic heterocycles. The third-order valence-electron chi connectivity index (χ3n) is 6.54. The van der Waals surface area contributed by atoms with Crippen LogP contribution in [0.25, 0.3) is 22.6 Å². The van der Waals surface area contributed by atoms with Gasteiger partial charge in [0.1, 0.15) is 24.2 Å². The summed E-state index contributed by atoms with van der Waals surface area (Å²) in [5.41, 5.74) is 3.05. The van der Waals surface area contributed by atoms with Crippen LogP contribution in [0.1, 0.15) is 30.5 Å². The van der Waals surface area contributed by atoms with E-state index in [0.29, 0.717) is 88.3 Å². The number of likely N-dealkylation sites (tertiary alicyclic amines) is 1. The third-order valence-corrected chi connectivity index (χ3v) is 7.27. The molecule has 12 heteroatoms. The summed E-state index contributed by atoms with van der Waals surface area (Å²) in [5.74, 6) is 1.62. The maximum atomic E-state index is 12.2. The van der Waals surface area contributed by atoms with Crippen molar-refractivity contribution in [1.29, 1.82) is 0 Å². The Kier molecular flexibility index (Phi) is 9.66. The molecule has 0 spiro atoms. The van der Waals surface area contributed by atoms with Crippen molar-refractivity contribution >= 4 is 29.3 Å². The molecule has 3 aromatic rings. The minimum Gasteiger partial charge on any atom is -0.491 e. The standard InChI is InChI=1S/C27H33Cl2N5O5/c1-5-37-27(36)34-9-8-17(13-34)10-22-24(29)25(23-15(2)33-39-16(23)3)32-26(31-22)20-11-19(6-7-21(20)28)38-14-18(35)12-30-4/h6-7,11,17-18,30,35H,5,8-10,12-14H2,1-4H3/t17-,18+/m0/s1. The van der Waals surface area contributed by atoms with E-state index in [1.165, 1.54) is 0 Å². The molecule has 3 heterocycles. The average molecular weight is 578 g/mol. The number of rotatable bonds is 10. The first-order valence-electron chi connectivity index (χ1n) is 12.9. The van der Waals surface area contributed by atoms with Crippen LogP contribution in [0, 0.1) is 19.8 Å². The molecule has 2 N–H and O–H groups in total. The van der Waals surface area contributed by atoms with Crippen LogP contribution in [0.4, 0.5) is 4.79 Å². The first-order valence-corrected chi connectivity index (χ1v) is 13.6. The second-order valence-electron chi connectivity index (χ2n) is 9.52. The van der Waals surface area contributed by atoms with E-state index in [1.54, 1.807) is 44.0 Å². The summed E-state index contributed by atoms with van der Waals surface area (Å²) in [5, 5.41) is 17.9. The number of aliphatic hydroxyl groups is 1. The molecule has 1 aliphatic rings. The number of ether oxygens (including phenoxy) is 2. The molecule has 1 aliphatic heterocycles. The van der Waals surface area contributed by atoms with Crippen molar-refractivity contribution in [3.8, 4) is 28.4 Å². The lowest BCUT2D eigenvalue weighted by molar-refractivity contribution is 0.108. The molecule has 39 heavy (non-hydrogen) atoms. The van der Waals surface area contributed by atoms with E-state index in [4.69, 9.17) is 47.2 Å². The molecular weight excluding hydrogens is 545 g/mol. The van der Waals surface area contributed by atoms with E-state index in [1.807, 2.05) is 6.92 Å². The highest BCUT2D eigenvalue weighted by Gasteiger charge is 2.30. The number of carbonyl (C=O) groups excluding carboxylic acids is 1. The summed E-state index contributed by atoms with van der Waals surface area (Å²) in [6.45, 7) is 7.43. The Labute approximate surface area is 237 Å². The molecule has 210 valence electrons. The number of aliphatic hydroxyl groups excluding tert-OH is 1. The minimum atomic E-state index is -0.667. The predicted octanol–water partition coefficient (Wildman–Crippen LogP) is 4.70. The number of hydrogen-bond acceptors (Lipinski definition) is 9. The van der Waals surface area contributed by atoms with Crippen molar-refractivity contribution in [2.75, 3.05) is 39.9 Å². The van der Waals surface area contributed by atoms with E-state index in [0.717, 1.165) is 6.42 Å². The Bertz CT molecular complexity index is 1300. The number of carbonyl (C=O) groups is 1. The molecule has 0 unspecified atom stereocenters. The Morgan fingerprint density at radius 2 is 2.10 bits per heavy atom. The van der Waals surface area contributed by atoms with Crippen molar-refractivity contribution in [2.24, 2.45) is 5.92 Å². The lowest BCUT2D eigenvalue weighted by Gasteiger charge is -2.17. The lowest BCUT2D eigenvalue weighted by Crippen LogP contribution is -2.29. The number of likely N-dealkylation sites (N-methyl/N-ethyl adjacent to an activating group) is 1. The van der Waals surface area contributed by atoms with Gasteiger partial charge in [0.2, 0.25) is 0 Å². The zero-order valence-electron chi connectivity index (χ0n) is 22.5. The fraction of sp³-hybridized carbons (Fsp3) is 0.481. The SMILES string of the molecule is CCOC(=O)N1CC[C@@H](Cc2nc(-c3cc(OC[C@H](O)CNC)ccc3Cl)nc(-c3c(C)noc3C)c2Cl)C1. The first kappa shape index (κ1) is 29.1. The van der Waals surface area contributed by atoms with E-state index in [9.17, 15) is 9.90 Å². The number of benzene rings is 1. The van der Waals surface area contributed by atoms with Gasteiger partial charge in [-0.15, -0.1) is 0 Å². The van der Waals surface area contributed by atoms with Crippen LogP contribution in [-0.2, 0) is 11.2 Å². The smallest absolute Gasteiger partial charge is 0.409 e. The number of aryl methyl sites for hydroxylation is 2. The Morgan fingerprint density at radius 3 is 2.79 bits per heavy atom. The van der Waals surface area contributed by atoms with Gasteiger partial charge in [-0.2, -0.15) is 0 Å². The van der Waals surface area contributed by atoms with Crippen molar-refractivity contribution in [3.63, 3.8) is 0 Å². The van der Waals surface area contributed by atoms with E-state index < -0.39 is 6.10 Å². The largest absolute Gasteiger partial charge is 0.491 e. The molecule has 2 atom stereocenters. The summed E-state index contributed by atoms with van der Waals surface area (Å²) in [4.78, 5) is 23.6. The van der Waals surface area contributed by atoms with Crippen LogP contribution in [0.3, 0.4) is 0 Å². The number of nitrogens with one attached hydrogen (secondary N) is 1. The highest BCUT2D eigenvalue weighted by atomic mass is 35.5. The van der Waals surface area contributed by atoms with Crippen molar-refractivity contribution < 1.29 is 23.9 Å². The van der Waals surface area contributed by atoms with Gasteiger partial charge in [0.25, 0.3) is 0 Å². The van der Waals surface area contributed by atoms with Crippen molar-refractivity contribution in [1.82, 2.24) is 25.3 Å². The zero-order chi connectivity index (χ0) is 28.1. The zero-order valence-corrected chi connectivity index (χ0v) is 24.0. The number of halogens is 2. The van der Waals surface area contributed by atoms with E-state index in [-0.39, 0.29) is 18.6 Å². The second-order valence-corrected chi connectivity index (χ2v) is 10.3. The van der Waals surface area contributed by atoms with Crippen LogP contribution >= 0.6 is 23.2 Å². The van der Waals surface area contributed by atoms with Gasteiger partial charge in [0, 0.05) is 25.2 Å². The van der Waals surface area contributed by atoms with E-state index >= 15 is 0 Å². The van der Waals surface area contributed by atoms with Gasteiger partial charge in [-0.25, -0.2) is 14.8 Å². The van der Waals surface area contributed by atoms with Crippen molar-refractivity contribution in [3.05, 3.63) is 45.4 Å². The second kappa shape index (κ2) is 13.0. The Balaban J connectivity index is 1.71. The number of amides is 1. The van der Waals surface area contributed by atoms with E-state index in [2.05, 4.69) is 10.5 Å². The maximum Gasteiger partial charge on any atom is 0.409 e. The predicted molar refractivity (Wildman–Crippen MR) is 148 cm³/mol. The molecule has 0 aliphatic carbocycles. The highest BCUT2D eigenvalue weighted by Crippen LogP contribution is 2.38. The summed E-state index contributed by atoms with van der Waals surface area (Å²) in [7, 11) is 1.76. The fourth-order valence-electron chi connectivity index (χ4n) is 4.64. The van der Waals surface area contributed by atoms with Crippen molar-refractivity contribution in [2.45, 2.75) is 39.7 Å². The Hall–Kier alpha value is -2.92. The van der Waals surface area contributed by atoms with Gasteiger partial charge in [-0.3, -0.25) is 0 Å². The molecule has 4 rings (SSSR count). The number of hydrogen-bond donors (Lipinski definition) is 2. The van der Waals surface area contributed by atoms with Gasteiger partial charge in [-0.05, 0) is 64.8 Å². The summed E-state index contributed by atoms with van der Waals surface area (Å²) in [6.07, 6.45) is 0.354. The average Bonchev–Trinajstić information content (AvgIpc) is 3.51. The molecule has 1 amide bonds. The monoisotopic (exact) mass is 577 g/mol. The molecule has 1 saturated heterocycles. The van der Waals surface area contributed by atoms with Crippen LogP contribution in [0.15, 0.2) is 22.7 Å². The molecule has 0 bridgehead atoms. The lowest BCUT2D eigenvalue weighted by atomic mass is 10.00. The fourth-order valence-corrected chi connectivity index (χ4v) is 5.10. The highest BCUT2D eigenvalue weighted by molar-refractivity contribution is 6.34. The van der Waals surface area contributed by atoms with Gasteiger partial charge in [-0.1, -0.05) is 28.4 Å². The Morgan fingerprint density at radius 1 is 1.31 bits per heavy atom. The first-order chi connectivity index (χ1) is 18.7. The van der Waals surface area contributed by atoms with Gasteiger partial charge >= 0.3 is 6.09 Å². The molecule has 10 nitrogen and oxygen atoms in total. The minimum absolute atomic E-state index is 0.109. The normalized spacial score (nSPS) is 16.0. The summed E-state index contributed by atoms with van der Waals surface area (Å²) in [6, 6.07) is 5.18. The molecule has 1 aromatic carbocycles. The van der Waals surface area contributed by atoms with Gasteiger partial charge < -0.3 is 29.3 Å². The number of aromatic nitrogens is 3. The third kappa shape index (κ3) is 6.81.